The first-order valence-corrected chi connectivity index (χ1v) is 11.3. The molecule has 0 radical (unpaired) electrons. The van der Waals surface area contributed by atoms with Crippen LogP contribution in [0.4, 0.5) is 5.95 Å². The van der Waals surface area contributed by atoms with Crippen molar-refractivity contribution < 1.29 is 4.79 Å². The molecule has 1 atom stereocenters. The molecule has 1 aliphatic carbocycles. The number of aromatic nitrogens is 2. The molecule has 2 saturated heterocycles. The summed E-state index contributed by atoms with van der Waals surface area (Å²) in [4.78, 5) is 22.6. The molecule has 0 bridgehead atoms. The summed E-state index contributed by atoms with van der Waals surface area (Å²) in [7, 11) is 0. The maximum atomic E-state index is 13.0. The minimum absolute atomic E-state index is 0.131. The molecule has 150 valence electrons. The number of carbonyl (C=O) groups is 1. The van der Waals surface area contributed by atoms with Crippen LogP contribution in [-0.2, 0) is 4.79 Å². The van der Waals surface area contributed by atoms with Crippen LogP contribution in [0.15, 0.2) is 24.3 Å². The number of fused-ring (bicyclic) bond motifs is 1. The van der Waals surface area contributed by atoms with Crippen molar-refractivity contribution in [2.75, 3.05) is 31.1 Å². The summed E-state index contributed by atoms with van der Waals surface area (Å²) < 4.78 is 2.51. The Balaban J connectivity index is 1.45. The number of likely N-dealkylation sites (tertiary alicyclic amines) is 1. The van der Waals surface area contributed by atoms with Crippen LogP contribution in [0.2, 0.25) is 0 Å². The first-order valence-electron chi connectivity index (χ1n) is 11.3. The highest BCUT2D eigenvalue weighted by Crippen LogP contribution is 2.36. The molecule has 5 heteroatoms. The molecule has 3 aliphatic rings. The van der Waals surface area contributed by atoms with Crippen LogP contribution in [0, 0.1) is 5.92 Å². The number of carbonyl (C=O) groups excluding carboxylic acids is 1. The Morgan fingerprint density at radius 2 is 1.68 bits per heavy atom. The van der Waals surface area contributed by atoms with Crippen molar-refractivity contribution in [3.8, 4) is 0 Å². The highest BCUT2D eigenvalue weighted by atomic mass is 16.2. The van der Waals surface area contributed by atoms with Crippen molar-refractivity contribution in [2.24, 2.45) is 5.92 Å². The second-order valence-electron chi connectivity index (χ2n) is 8.88. The van der Waals surface area contributed by atoms with E-state index in [0.29, 0.717) is 11.9 Å². The number of amides is 1. The summed E-state index contributed by atoms with van der Waals surface area (Å²) in [5.41, 5.74) is 2.36. The van der Waals surface area contributed by atoms with E-state index in [4.69, 9.17) is 4.98 Å². The van der Waals surface area contributed by atoms with Gasteiger partial charge in [0.25, 0.3) is 0 Å². The molecular formula is C23H32N4O. The smallest absolute Gasteiger partial charge is 0.227 e. The van der Waals surface area contributed by atoms with Crippen molar-refractivity contribution in [3.63, 3.8) is 0 Å². The van der Waals surface area contributed by atoms with Gasteiger partial charge in [0.2, 0.25) is 11.9 Å². The summed E-state index contributed by atoms with van der Waals surface area (Å²) in [6.07, 6.45) is 10.9. The van der Waals surface area contributed by atoms with Crippen LogP contribution in [0.25, 0.3) is 11.0 Å². The quantitative estimate of drug-likeness (QED) is 0.793. The lowest BCUT2D eigenvalue weighted by atomic mass is 9.94. The number of rotatable bonds is 3. The Morgan fingerprint density at radius 1 is 0.893 bits per heavy atom. The molecule has 1 aromatic carbocycles. The average Bonchev–Trinajstić information content (AvgIpc) is 3.42. The van der Waals surface area contributed by atoms with E-state index >= 15 is 0 Å². The summed E-state index contributed by atoms with van der Waals surface area (Å²) in [5, 5.41) is 0. The maximum absolute atomic E-state index is 13.0. The zero-order valence-electron chi connectivity index (χ0n) is 16.9. The lowest BCUT2D eigenvalue weighted by Crippen LogP contribution is -2.45. The normalized spacial score (nSPS) is 24.2. The average molecular weight is 381 g/mol. The lowest BCUT2D eigenvalue weighted by molar-refractivity contribution is -0.134. The first-order chi connectivity index (χ1) is 13.8. The van der Waals surface area contributed by atoms with Gasteiger partial charge in [0.15, 0.2) is 0 Å². The van der Waals surface area contributed by atoms with Gasteiger partial charge in [-0.25, -0.2) is 4.98 Å². The molecule has 5 nitrogen and oxygen atoms in total. The zero-order valence-corrected chi connectivity index (χ0v) is 16.9. The number of benzene rings is 1. The largest absolute Gasteiger partial charge is 0.342 e. The van der Waals surface area contributed by atoms with E-state index in [-0.39, 0.29) is 5.92 Å². The molecule has 3 fully saturated rings. The van der Waals surface area contributed by atoms with E-state index in [9.17, 15) is 4.79 Å². The monoisotopic (exact) mass is 380 g/mol. The fraction of sp³-hybridized carbons (Fsp3) is 0.652. The van der Waals surface area contributed by atoms with Gasteiger partial charge in [-0.3, -0.25) is 4.79 Å². The van der Waals surface area contributed by atoms with Gasteiger partial charge in [0.05, 0.1) is 17.0 Å². The van der Waals surface area contributed by atoms with E-state index < -0.39 is 0 Å². The molecule has 1 saturated carbocycles. The van der Waals surface area contributed by atoms with E-state index in [0.717, 1.165) is 50.5 Å². The van der Waals surface area contributed by atoms with Gasteiger partial charge in [0.1, 0.15) is 0 Å². The topological polar surface area (TPSA) is 41.4 Å². The number of anilines is 1. The Hall–Kier alpha value is -2.04. The molecule has 0 spiro atoms. The molecular weight excluding hydrogens is 348 g/mol. The Kier molecular flexibility index (Phi) is 5.00. The zero-order chi connectivity index (χ0) is 18.9. The van der Waals surface area contributed by atoms with E-state index in [1.807, 2.05) is 0 Å². The summed E-state index contributed by atoms with van der Waals surface area (Å²) in [6, 6.07) is 9.11. The summed E-state index contributed by atoms with van der Waals surface area (Å²) in [5.74, 6) is 1.61. The molecule has 28 heavy (non-hydrogen) atoms. The van der Waals surface area contributed by atoms with Crippen LogP contribution in [0.1, 0.15) is 63.8 Å². The van der Waals surface area contributed by atoms with Crippen molar-refractivity contribution in [1.29, 1.82) is 0 Å². The van der Waals surface area contributed by atoms with Crippen molar-refractivity contribution >= 4 is 22.9 Å². The number of hydrogen-bond donors (Lipinski definition) is 0. The third-order valence-electron chi connectivity index (χ3n) is 6.99. The number of piperidine rings is 1. The number of nitrogens with zero attached hydrogens (tertiary/aromatic N) is 4. The summed E-state index contributed by atoms with van der Waals surface area (Å²) in [6.45, 7) is 3.75. The maximum Gasteiger partial charge on any atom is 0.227 e. The van der Waals surface area contributed by atoms with Gasteiger partial charge in [-0.2, -0.15) is 0 Å². The molecule has 0 unspecified atom stereocenters. The van der Waals surface area contributed by atoms with Crippen LogP contribution < -0.4 is 4.90 Å². The highest BCUT2D eigenvalue weighted by Gasteiger charge is 2.33. The van der Waals surface area contributed by atoms with Gasteiger partial charge in [-0.05, 0) is 50.7 Å². The van der Waals surface area contributed by atoms with Gasteiger partial charge in [-0.15, -0.1) is 0 Å². The number of hydrogen-bond acceptors (Lipinski definition) is 3. The lowest BCUT2D eigenvalue weighted by Gasteiger charge is -2.36. The molecule has 2 aliphatic heterocycles. The molecule has 0 N–H and O–H groups in total. The van der Waals surface area contributed by atoms with Gasteiger partial charge in [-0.1, -0.05) is 31.4 Å². The van der Waals surface area contributed by atoms with Gasteiger partial charge >= 0.3 is 0 Å². The number of para-hydroxylation sites is 2. The van der Waals surface area contributed by atoms with Crippen molar-refractivity contribution in [3.05, 3.63) is 24.3 Å². The van der Waals surface area contributed by atoms with E-state index in [1.165, 1.54) is 50.5 Å². The predicted molar refractivity (Wildman–Crippen MR) is 113 cm³/mol. The highest BCUT2D eigenvalue weighted by molar-refractivity contribution is 5.81. The SMILES string of the molecule is O=C([C@H]1CCCN(c2nc3ccccc3n2C2CCCCC2)C1)N1CCCC1. The molecule has 1 aromatic heterocycles. The fourth-order valence-electron chi connectivity index (χ4n) is 5.51. The van der Waals surface area contributed by atoms with Crippen LogP contribution >= 0.6 is 0 Å². The van der Waals surface area contributed by atoms with Gasteiger partial charge < -0.3 is 14.4 Å². The Bertz CT molecular complexity index is 832. The third kappa shape index (κ3) is 3.29. The van der Waals surface area contributed by atoms with Crippen LogP contribution in [0.5, 0.6) is 0 Å². The summed E-state index contributed by atoms with van der Waals surface area (Å²) >= 11 is 0. The minimum Gasteiger partial charge on any atom is -0.342 e. The first kappa shape index (κ1) is 18.0. The van der Waals surface area contributed by atoms with Gasteiger partial charge in [0, 0.05) is 32.2 Å². The van der Waals surface area contributed by atoms with Crippen LogP contribution in [-0.4, -0.2) is 46.5 Å². The third-order valence-corrected chi connectivity index (χ3v) is 6.99. The van der Waals surface area contributed by atoms with Crippen LogP contribution in [0.3, 0.4) is 0 Å². The fourth-order valence-corrected chi connectivity index (χ4v) is 5.51. The minimum atomic E-state index is 0.131. The van der Waals surface area contributed by atoms with Crippen molar-refractivity contribution in [1.82, 2.24) is 14.5 Å². The predicted octanol–water partition coefficient (Wildman–Crippen LogP) is 4.38. The van der Waals surface area contributed by atoms with Crippen molar-refractivity contribution in [2.45, 2.75) is 63.8 Å². The molecule has 3 heterocycles. The molecule has 1 amide bonds. The van der Waals surface area contributed by atoms with E-state index in [2.05, 4.69) is 38.6 Å². The molecule has 2 aromatic rings. The molecule has 5 rings (SSSR count). The number of imidazole rings is 1. The second-order valence-corrected chi connectivity index (χ2v) is 8.88. The Labute approximate surface area is 167 Å². The Morgan fingerprint density at radius 3 is 2.50 bits per heavy atom. The second kappa shape index (κ2) is 7.76. The standard InChI is InChI=1S/C23H32N4O/c28-22(25-14-6-7-15-25)18-9-8-16-26(17-18)23-24-20-12-4-5-13-21(20)27(23)19-10-2-1-3-11-19/h4-5,12-13,18-19H,1-3,6-11,14-17H2/t18-/m0/s1. The van der Waals surface area contributed by atoms with E-state index in [1.54, 1.807) is 0 Å².